The third-order valence-electron chi connectivity index (χ3n) is 0.278. The predicted molar refractivity (Wildman–Crippen MR) is 27.5 cm³/mol. The summed E-state index contributed by atoms with van der Waals surface area (Å²) in [4.78, 5) is 0. The van der Waals surface area contributed by atoms with Gasteiger partial charge >= 0.3 is 0 Å². The van der Waals surface area contributed by atoms with Crippen molar-refractivity contribution in [1.82, 2.24) is 0 Å². The first-order chi connectivity index (χ1) is 2.50. The summed E-state index contributed by atoms with van der Waals surface area (Å²) >= 11 is 0. The molecule has 0 N–H and O–H groups in total. The van der Waals surface area contributed by atoms with Crippen LogP contribution in [0, 0.1) is 0 Å². The minimum absolute atomic E-state index is 0.963. The predicted octanol–water partition coefficient (Wildman–Crippen LogP) is 1.24. The van der Waals surface area contributed by atoms with Gasteiger partial charge in [-0.3, -0.25) is 0 Å². The fraction of sp³-hybridized carbons (Fsp3) is 0.500. The van der Waals surface area contributed by atoms with E-state index in [0.717, 1.165) is 5.75 Å². The molecule has 0 aromatic carbocycles. The zero-order valence-electron chi connectivity index (χ0n) is 2.47. The molecule has 0 atom stereocenters. The minimum atomic E-state index is 0.963. The maximum atomic E-state index is 3.71. The average Bonchev–Trinajstić information content (AvgIpc) is 1.76. The average molecular weight is 104 g/mol. The summed E-state index contributed by atoms with van der Waals surface area (Å²) in [5, 5.41) is 0. The molecular formula is C2H2NS2. The minimum Gasteiger partial charge on any atom is -0.207 e. The molecule has 1 aliphatic heterocycles. The molecule has 0 spiro atoms. The molecule has 0 amide bonds. The van der Waals surface area contributed by atoms with E-state index in [1.807, 2.05) is 0 Å². The lowest BCUT2D eigenvalue weighted by Crippen LogP contribution is -1.61. The van der Waals surface area contributed by atoms with Crippen molar-refractivity contribution < 1.29 is 0 Å². The third-order valence-corrected chi connectivity index (χ3v) is 1.73. The van der Waals surface area contributed by atoms with Crippen LogP contribution in [0.4, 0.5) is 0 Å². The van der Waals surface area contributed by atoms with Gasteiger partial charge in [0.05, 0.1) is 12.0 Å². The summed E-state index contributed by atoms with van der Waals surface area (Å²) in [5.74, 6) is 0.963. The molecule has 3 heteroatoms. The van der Waals surface area contributed by atoms with Gasteiger partial charge in [-0.2, -0.15) is 0 Å². The molecule has 5 heavy (non-hydrogen) atoms. The van der Waals surface area contributed by atoms with Crippen molar-refractivity contribution >= 4 is 28.0 Å². The van der Waals surface area contributed by atoms with E-state index in [9.17, 15) is 0 Å². The lowest BCUT2D eigenvalue weighted by molar-refractivity contribution is 1.95. The Morgan fingerprint density at radius 2 is 2.80 bits per heavy atom. The molecule has 0 bridgehead atoms. The Labute approximate surface area is 38.8 Å². The van der Waals surface area contributed by atoms with Gasteiger partial charge in [-0.1, -0.05) is 10.8 Å². The Balaban J connectivity index is 2.32. The molecule has 27 valence electrons. The van der Waals surface area contributed by atoms with Crippen molar-refractivity contribution in [3.8, 4) is 0 Å². The van der Waals surface area contributed by atoms with Crippen LogP contribution in [0.3, 0.4) is 0 Å². The highest BCUT2D eigenvalue weighted by atomic mass is 33.1. The molecule has 0 saturated heterocycles. The first-order valence-electron chi connectivity index (χ1n) is 1.22. The summed E-state index contributed by atoms with van der Waals surface area (Å²) in [6, 6.07) is 0. The number of hydrogen-bond acceptors (Lipinski definition) is 3. The largest absolute Gasteiger partial charge is 0.207 e. The Morgan fingerprint density at radius 1 is 1.80 bits per heavy atom. The molecule has 1 rings (SSSR count). The van der Waals surface area contributed by atoms with Crippen LogP contribution < -0.4 is 0 Å². The Morgan fingerprint density at radius 3 is 3.00 bits per heavy atom. The highest BCUT2D eigenvalue weighted by Gasteiger charge is 1.89. The van der Waals surface area contributed by atoms with Crippen molar-refractivity contribution in [3.05, 3.63) is 0 Å². The maximum Gasteiger partial charge on any atom is 0.0835 e. The van der Waals surface area contributed by atoms with Crippen LogP contribution in [-0.2, 0) is 0 Å². The molecule has 0 unspecified atom stereocenters. The second-order valence-corrected chi connectivity index (χ2v) is 2.60. The Kier molecular flexibility index (Phi) is 1.22. The van der Waals surface area contributed by atoms with Gasteiger partial charge in [-0.25, -0.2) is 4.40 Å². The SMILES string of the molecule is [C]1=NSSC1. The van der Waals surface area contributed by atoms with Crippen LogP contribution in [0.1, 0.15) is 0 Å². The van der Waals surface area contributed by atoms with Gasteiger partial charge in [0.2, 0.25) is 0 Å². The van der Waals surface area contributed by atoms with Gasteiger partial charge in [0.1, 0.15) is 0 Å². The summed E-state index contributed by atoms with van der Waals surface area (Å²) in [7, 11) is 3.22. The smallest absolute Gasteiger partial charge is 0.0835 e. The number of rotatable bonds is 0. The van der Waals surface area contributed by atoms with E-state index in [2.05, 4.69) is 10.6 Å². The number of nitrogens with zero attached hydrogens (tertiary/aromatic N) is 1. The van der Waals surface area contributed by atoms with E-state index in [1.54, 1.807) is 10.8 Å². The van der Waals surface area contributed by atoms with E-state index in [1.165, 1.54) is 11.0 Å². The normalized spacial score (nSPS) is 20.8. The molecule has 1 heterocycles. The fourth-order valence-corrected chi connectivity index (χ4v) is 1.19. The summed E-state index contributed by atoms with van der Waals surface area (Å²) < 4.78 is 3.71. The van der Waals surface area contributed by atoms with Crippen molar-refractivity contribution in [3.63, 3.8) is 0 Å². The monoisotopic (exact) mass is 104 g/mol. The summed E-state index contributed by atoms with van der Waals surface area (Å²) in [6.45, 7) is 0. The van der Waals surface area contributed by atoms with Gasteiger partial charge in [-0.15, -0.1) is 0 Å². The van der Waals surface area contributed by atoms with Gasteiger partial charge in [0, 0.05) is 11.0 Å². The van der Waals surface area contributed by atoms with Crippen molar-refractivity contribution in [2.45, 2.75) is 0 Å². The van der Waals surface area contributed by atoms with E-state index in [-0.39, 0.29) is 0 Å². The Bertz CT molecular complexity index is 45.6. The zero-order valence-corrected chi connectivity index (χ0v) is 4.10. The quantitative estimate of drug-likeness (QED) is 0.338. The van der Waals surface area contributed by atoms with Gasteiger partial charge < -0.3 is 0 Å². The van der Waals surface area contributed by atoms with Crippen molar-refractivity contribution in [2.24, 2.45) is 4.40 Å². The second-order valence-electron chi connectivity index (χ2n) is 0.586. The maximum absolute atomic E-state index is 3.71. The van der Waals surface area contributed by atoms with Gasteiger partial charge in [0.25, 0.3) is 0 Å². The number of hydrogen-bond donors (Lipinski definition) is 0. The lowest BCUT2D eigenvalue weighted by Gasteiger charge is -1.66. The molecule has 1 aliphatic rings. The van der Waals surface area contributed by atoms with Crippen molar-refractivity contribution in [1.29, 1.82) is 0 Å². The van der Waals surface area contributed by atoms with E-state index >= 15 is 0 Å². The van der Waals surface area contributed by atoms with Crippen LogP contribution >= 0.6 is 21.8 Å². The van der Waals surface area contributed by atoms with Crippen molar-refractivity contribution in [2.75, 3.05) is 5.75 Å². The third kappa shape index (κ3) is 0.851. The van der Waals surface area contributed by atoms with Crippen LogP contribution in [-0.4, -0.2) is 12.0 Å². The van der Waals surface area contributed by atoms with E-state index < -0.39 is 0 Å². The van der Waals surface area contributed by atoms with E-state index in [0.29, 0.717) is 0 Å². The molecule has 1 nitrogen and oxygen atoms in total. The fourth-order valence-electron chi connectivity index (χ4n) is 0.132. The molecule has 0 aliphatic carbocycles. The first kappa shape index (κ1) is 3.56. The van der Waals surface area contributed by atoms with Gasteiger partial charge in [0.15, 0.2) is 0 Å². The molecule has 0 fully saturated rings. The topological polar surface area (TPSA) is 12.4 Å². The van der Waals surface area contributed by atoms with Crippen LogP contribution in [0.2, 0.25) is 0 Å². The highest BCUT2D eigenvalue weighted by Crippen LogP contribution is 2.25. The molecule has 0 saturated carbocycles. The van der Waals surface area contributed by atoms with Crippen LogP contribution in [0.15, 0.2) is 4.40 Å². The summed E-state index contributed by atoms with van der Waals surface area (Å²) in [5.41, 5.74) is 0. The first-order valence-corrected chi connectivity index (χ1v) is 3.49. The highest BCUT2D eigenvalue weighted by molar-refractivity contribution is 8.76. The molecule has 0 aromatic heterocycles. The summed E-state index contributed by atoms with van der Waals surface area (Å²) in [6.07, 6.45) is 2.77. The molecule has 0 aromatic rings. The van der Waals surface area contributed by atoms with Crippen LogP contribution in [0.5, 0.6) is 0 Å². The van der Waals surface area contributed by atoms with Gasteiger partial charge in [-0.05, 0) is 0 Å². The molecule has 1 radical (unpaired) electrons. The van der Waals surface area contributed by atoms with Crippen LogP contribution in [0.25, 0.3) is 0 Å². The second kappa shape index (κ2) is 1.72. The Hall–Kier alpha value is 0.370. The van der Waals surface area contributed by atoms with E-state index in [4.69, 9.17) is 0 Å². The lowest BCUT2D eigenvalue weighted by atomic mass is 10.9. The standard InChI is InChI=1S/C2H2NS2/c1-2-4-5-3-1/h2H2. The zero-order chi connectivity index (χ0) is 3.54. The molecular weight excluding hydrogens is 102 g/mol.